The number of esters is 1. The van der Waals surface area contributed by atoms with Gasteiger partial charge in [-0.25, -0.2) is 4.79 Å². The molecular weight excluding hydrogens is 430 g/mol. The van der Waals surface area contributed by atoms with E-state index in [0.717, 1.165) is 31.2 Å². The molecule has 1 aliphatic rings. The number of phenols is 1. The van der Waals surface area contributed by atoms with Crippen LogP contribution < -0.4 is 10.1 Å². The number of hydrogen-bond acceptors (Lipinski definition) is 6. The predicted molar refractivity (Wildman–Crippen MR) is 136 cm³/mol. The Morgan fingerprint density at radius 2 is 1.74 bits per heavy atom. The van der Waals surface area contributed by atoms with Crippen LogP contribution in [0.3, 0.4) is 0 Å². The number of nitrogens with one attached hydrogen (secondary N) is 1. The van der Waals surface area contributed by atoms with E-state index in [2.05, 4.69) is 12.2 Å². The first kappa shape index (κ1) is 27.9. The summed E-state index contributed by atoms with van der Waals surface area (Å²) in [5.74, 6) is 0.383. The average molecular weight is 474 g/mol. The number of piperidine rings is 1. The SMILES string of the molecule is COc1cc(C=CC(=O)O[C@@H]2CC[C@H](CCCCCCCCCCC(C)=O)N[C@H]2C)ccc1O. The summed E-state index contributed by atoms with van der Waals surface area (Å²) in [5.41, 5.74) is 0.759. The smallest absolute Gasteiger partial charge is 0.331 e. The number of hydrogen-bond donors (Lipinski definition) is 2. The predicted octanol–water partition coefficient (Wildman–Crippen LogP) is 5.96. The van der Waals surface area contributed by atoms with Gasteiger partial charge in [0.05, 0.1) is 7.11 Å². The molecule has 34 heavy (non-hydrogen) atoms. The van der Waals surface area contributed by atoms with Gasteiger partial charge in [-0.3, -0.25) is 0 Å². The third-order valence-corrected chi connectivity index (χ3v) is 6.57. The van der Waals surface area contributed by atoms with Crippen LogP contribution in [0.25, 0.3) is 6.08 Å². The molecule has 0 aliphatic carbocycles. The Hall–Kier alpha value is -2.34. The molecule has 1 aromatic carbocycles. The van der Waals surface area contributed by atoms with E-state index in [1.807, 2.05) is 0 Å². The second-order valence-electron chi connectivity index (χ2n) is 9.54. The lowest BCUT2D eigenvalue weighted by Gasteiger charge is -2.35. The minimum absolute atomic E-state index is 0.0661. The molecule has 3 atom stereocenters. The molecule has 1 heterocycles. The van der Waals surface area contributed by atoms with Gasteiger partial charge in [0, 0.05) is 24.6 Å². The van der Waals surface area contributed by atoms with Crippen molar-refractivity contribution in [2.24, 2.45) is 0 Å². The van der Waals surface area contributed by atoms with Crippen molar-refractivity contribution in [2.75, 3.05) is 7.11 Å². The zero-order valence-corrected chi connectivity index (χ0v) is 21.2. The maximum Gasteiger partial charge on any atom is 0.331 e. The highest BCUT2D eigenvalue weighted by Gasteiger charge is 2.28. The van der Waals surface area contributed by atoms with Gasteiger partial charge in [-0.1, -0.05) is 51.0 Å². The summed E-state index contributed by atoms with van der Waals surface area (Å²) in [4.78, 5) is 23.2. The number of methoxy groups -OCH3 is 1. The molecule has 0 aromatic heterocycles. The first-order valence-corrected chi connectivity index (χ1v) is 12.9. The number of unbranched alkanes of at least 4 members (excludes halogenated alkanes) is 7. The number of carbonyl (C=O) groups excluding carboxylic acids is 2. The molecular formula is C28H43NO5. The molecule has 0 saturated carbocycles. The van der Waals surface area contributed by atoms with Crippen molar-refractivity contribution < 1.29 is 24.2 Å². The second kappa shape index (κ2) is 15.5. The van der Waals surface area contributed by atoms with Crippen molar-refractivity contribution in [3.8, 4) is 11.5 Å². The van der Waals surface area contributed by atoms with Gasteiger partial charge in [0.25, 0.3) is 0 Å². The van der Waals surface area contributed by atoms with Crippen LogP contribution in [0.1, 0.15) is 96.5 Å². The minimum atomic E-state index is -0.356. The molecule has 2 N–H and O–H groups in total. The van der Waals surface area contributed by atoms with E-state index in [9.17, 15) is 14.7 Å². The minimum Gasteiger partial charge on any atom is -0.504 e. The summed E-state index contributed by atoms with van der Waals surface area (Å²) in [6.45, 7) is 3.76. The number of carbonyl (C=O) groups is 2. The number of aromatic hydroxyl groups is 1. The maximum absolute atomic E-state index is 12.3. The second-order valence-corrected chi connectivity index (χ2v) is 9.54. The van der Waals surface area contributed by atoms with Crippen LogP contribution in [0, 0.1) is 0 Å². The van der Waals surface area contributed by atoms with Gasteiger partial charge in [-0.05, 0) is 63.3 Å². The fourth-order valence-corrected chi connectivity index (χ4v) is 4.54. The molecule has 6 nitrogen and oxygen atoms in total. The average Bonchev–Trinajstić information content (AvgIpc) is 2.81. The lowest BCUT2D eigenvalue weighted by Crippen LogP contribution is -2.50. The first-order chi connectivity index (χ1) is 16.4. The van der Waals surface area contributed by atoms with E-state index in [1.165, 1.54) is 70.6 Å². The van der Waals surface area contributed by atoms with Crippen LogP contribution in [-0.2, 0) is 14.3 Å². The van der Waals surface area contributed by atoms with E-state index in [1.54, 1.807) is 25.1 Å². The summed E-state index contributed by atoms with van der Waals surface area (Å²) in [7, 11) is 1.49. The van der Waals surface area contributed by atoms with Crippen molar-refractivity contribution in [1.82, 2.24) is 5.32 Å². The van der Waals surface area contributed by atoms with Crippen LogP contribution >= 0.6 is 0 Å². The molecule has 1 saturated heterocycles. The molecule has 1 aromatic rings. The standard InChI is InChI=1S/C28H43NO5/c1-21(30)12-10-8-6-4-5-7-9-11-13-24-16-18-26(22(2)29-24)34-28(32)19-15-23-14-17-25(31)27(20-23)33-3/h14-15,17,19-20,22,24,26,29,31H,4-13,16,18H2,1-3H3/t22-,24-,26+/m0/s1. The van der Waals surface area contributed by atoms with E-state index < -0.39 is 0 Å². The quantitative estimate of drug-likeness (QED) is 0.186. The summed E-state index contributed by atoms with van der Waals surface area (Å²) in [6, 6.07) is 5.56. The number of benzene rings is 1. The molecule has 6 heteroatoms. The van der Waals surface area contributed by atoms with E-state index in [0.29, 0.717) is 17.6 Å². The summed E-state index contributed by atoms with van der Waals surface area (Å²) >= 11 is 0. The van der Waals surface area contributed by atoms with Crippen molar-refractivity contribution in [1.29, 1.82) is 0 Å². The highest BCUT2D eigenvalue weighted by molar-refractivity contribution is 5.87. The molecule has 0 radical (unpaired) electrons. The Morgan fingerprint density at radius 3 is 2.38 bits per heavy atom. The van der Waals surface area contributed by atoms with Crippen molar-refractivity contribution >= 4 is 17.8 Å². The van der Waals surface area contributed by atoms with Crippen LogP contribution in [-0.4, -0.2) is 42.2 Å². The van der Waals surface area contributed by atoms with Gasteiger partial charge in [0.15, 0.2) is 11.5 Å². The van der Waals surface area contributed by atoms with Crippen LogP contribution in [0.2, 0.25) is 0 Å². The molecule has 1 aliphatic heterocycles. The number of ether oxygens (including phenoxy) is 2. The largest absolute Gasteiger partial charge is 0.504 e. The highest BCUT2D eigenvalue weighted by Crippen LogP contribution is 2.27. The van der Waals surface area contributed by atoms with E-state index >= 15 is 0 Å². The number of Topliss-reactive ketones (excluding diaryl/α,β-unsaturated/α-hetero) is 1. The first-order valence-electron chi connectivity index (χ1n) is 12.9. The van der Waals surface area contributed by atoms with Crippen molar-refractivity contribution in [3.05, 3.63) is 29.8 Å². The molecule has 190 valence electrons. The lowest BCUT2D eigenvalue weighted by molar-refractivity contribution is -0.145. The molecule has 0 amide bonds. The Morgan fingerprint density at radius 1 is 1.06 bits per heavy atom. The fraction of sp³-hybridized carbons (Fsp3) is 0.643. The van der Waals surface area contributed by atoms with E-state index in [-0.39, 0.29) is 23.9 Å². The number of rotatable bonds is 15. The Kier molecular flexibility index (Phi) is 12.8. The summed E-state index contributed by atoms with van der Waals surface area (Å²) in [5, 5.41) is 13.3. The van der Waals surface area contributed by atoms with Crippen LogP contribution in [0.4, 0.5) is 0 Å². The molecule has 0 spiro atoms. The summed E-state index contributed by atoms with van der Waals surface area (Å²) in [6.07, 6.45) is 16.6. The zero-order valence-electron chi connectivity index (χ0n) is 21.2. The third kappa shape index (κ3) is 10.7. The van der Waals surface area contributed by atoms with Gasteiger partial charge in [-0.15, -0.1) is 0 Å². The Bertz CT molecular complexity index is 791. The van der Waals surface area contributed by atoms with Gasteiger partial charge in [0.1, 0.15) is 11.9 Å². The van der Waals surface area contributed by atoms with Crippen molar-refractivity contribution in [3.63, 3.8) is 0 Å². The van der Waals surface area contributed by atoms with Crippen molar-refractivity contribution in [2.45, 2.75) is 109 Å². The number of ketones is 1. The highest BCUT2D eigenvalue weighted by atomic mass is 16.5. The van der Waals surface area contributed by atoms with Gasteiger partial charge < -0.3 is 24.7 Å². The molecule has 0 unspecified atom stereocenters. The monoisotopic (exact) mass is 473 g/mol. The Balaban J connectivity index is 1.58. The van der Waals surface area contributed by atoms with Gasteiger partial charge in [0.2, 0.25) is 0 Å². The van der Waals surface area contributed by atoms with Gasteiger partial charge >= 0.3 is 5.97 Å². The van der Waals surface area contributed by atoms with E-state index in [4.69, 9.17) is 9.47 Å². The molecule has 2 rings (SSSR count). The van der Waals surface area contributed by atoms with Gasteiger partial charge in [-0.2, -0.15) is 0 Å². The zero-order chi connectivity index (χ0) is 24.8. The normalized spacial score (nSPS) is 20.4. The summed E-state index contributed by atoms with van der Waals surface area (Å²) < 4.78 is 10.8. The molecule has 1 fully saturated rings. The topological polar surface area (TPSA) is 84.9 Å². The fourth-order valence-electron chi connectivity index (χ4n) is 4.54. The lowest BCUT2D eigenvalue weighted by atomic mass is 9.93. The Labute approximate surface area is 205 Å². The third-order valence-electron chi connectivity index (χ3n) is 6.57. The molecule has 0 bridgehead atoms. The number of phenolic OH excluding ortho intramolecular Hbond substituents is 1. The van der Waals surface area contributed by atoms with Crippen LogP contribution in [0.15, 0.2) is 24.3 Å². The van der Waals surface area contributed by atoms with Crippen LogP contribution in [0.5, 0.6) is 11.5 Å². The maximum atomic E-state index is 12.3.